The van der Waals surface area contributed by atoms with E-state index < -0.39 is 0 Å². The van der Waals surface area contributed by atoms with Gasteiger partial charge in [-0.05, 0) is 62.8 Å². The van der Waals surface area contributed by atoms with Gasteiger partial charge in [0, 0.05) is 51.5 Å². The van der Waals surface area contributed by atoms with Crippen molar-refractivity contribution >= 4 is 5.69 Å². The number of hydrogen-bond acceptors (Lipinski definition) is 5. The molecule has 0 spiro atoms. The van der Waals surface area contributed by atoms with Crippen LogP contribution < -0.4 is 10.2 Å². The minimum atomic E-state index is 0.618. The Morgan fingerprint density at radius 3 is 2.50 bits per heavy atom. The molecule has 3 saturated heterocycles. The Morgan fingerprint density at radius 1 is 1.10 bits per heavy atom. The summed E-state index contributed by atoms with van der Waals surface area (Å²) in [5, 5.41) is 3.13. The summed E-state index contributed by atoms with van der Waals surface area (Å²) in [5.41, 5.74) is 4.86. The van der Waals surface area contributed by atoms with E-state index >= 15 is 0 Å². The molecule has 0 amide bonds. The maximum atomic E-state index is 5.66. The number of ether oxygens (including phenoxy) is 1. The van der Waals surface area contributed by atoms with Crippen LogP contribution in [0.5, 0.6) is 0 Å². The Balaban J connectivity index is 1.43. The number of methoxy groups -OCH3 is 1. The lowest BCUT2D eigenvalue weighted by Crippen LogP contribution is -2.44. The van der Waals surface area contributed by atoms with Gasteiger partial charge < -0.3 is 19.9 Å². The van der Waals surface area contributed by atoms with Crippen molar-refractivity contribution in [1.29, 1.82) is 0 Å². The molecule has 0 bridgehead atoms. The highest BCUT2D eigenvalue weighted by atomic mass is 16.5. The van der Waals surface area contributed by atoms with E-state index in [2.05, 4.69) is 57.8 Å². The van der Waals surface area contributed by atoms with E-state index in [9.17, 15) is 0 Å². The molecule has 2 atom stereocenters. The normalized spacial score (nSPS) is 25.2. The maximum Gasteiger partial charge on any atom is 0.160 e. The van der Waals surface area contributed by atoms with Crippen molar-refractivity contribution in [2.24, 2.45) is 5.92 Å². The Bertz CT molecular complexity index is 766. The summed E-state index contributed by atoms with van der Waals surface area (Å²) in [6.45, 7) is 13.1. The second kappa shape index (κ2) is 9.34. The number of rotatable bonds is 7. The van der Waals surface area contributed by atoms with Gasteiger partial charge in [0.15, 0.2) is 5.76 Å². The minimum absolute atomic E-state index is 0.618. The van der Waals surface area contributed by atoms with Gasteiger partial charge in [0.1, 0.15) is 0 Å². The van der Waals surface area contributed by atoms with Gasteiger partial charge in [0.25, 0.3) is 0 Å². The first-order valence-corrected chi connectivity index (χ1v) is 11.6. The molecule has 3 fully saturated rings. The number of nitrogens with zero attached hydrogens (tertiary/aromatic N) is 3. The highest BCUT2D eigenvalue weighted by molar-refractivity contribution is 5.48. The van der Waals surface area contributed by atoms with Crippen LogP contribution >= 0.6 is 0 Å². The average molecular weight is 411 g/mol. The fraction of sp³-hybridized carbons (Fsp3) is 0.600. The lowest BCUT2D eigenvalue weighted by atomic mass is 9.91. The molecular formula is C25H38N4O. The van der Waals surface area contributed by atoms with Gasteiger partial charge in [-0.3, -0.25) is 4.90 Å². The monoisotopic (exact) mass is 410 g/mol. The first kappa shape index (κ1) is 21.1. The van der Waals surface area contributed by atoms with Crippen LogP contribution in [0.3, 0.4) is 0 Å². The number of hydrogen-bond donors (Lipinski definition) is 1. The Hall–Kier alpha value is -2.14. The van der Waals surface area contributed by atoms with Crippen molar-refractivity contribution < 1.29 is 4.74 Å². The third kappa shape index (κ3) is 4.31. The average Bonchev–Trinajstić information content (AvgIpc) is 3.45. The zero-order chi connectivity index (χ0) is 21.1. The van der Waals surface area contributed by atoms with E-state index in [1.165, 1.54) is 62.3 Å². The fourth-order valence-electron chi connectivity index (χ4n) is 5.51. The molecule has 3 aliphatic heterocycles. The van der Waals surface area contributed by atoms with Crippen molar-refractivity contribution in [3.8, 4) is 0 Å². The Labute approximate surface area is 182 Å². The topological polar surface area (TPSA) is 31.0 Å². The van der Waals surface area contributed by atoms with Crippen molar-refractivity contribution in [2.75, 3.05) is 51.8 Å². The number of likely N-dealkylation sites (N-methyl/N-ethyl adjacent to an activating group) is 1. The molecule has 3 heterocycles. The van der Waals surface area contributed by atoms with Crippen LogP contribution in [0.2, 0.25) is 0 Å². The molecule has 4 rings (SSSR count). The number of allylic oxidation sites excluding steroid dienone is 1. The van der Waals surface area contributed by atoms with Crippen molar-refractivity contribution in [2.45, 2.75) is 45.2 Å². The summed E-state index contributed by atoms with van der Waals surface area (Å²) < 4.78 is 5.66. The van der Waals surface area contributed by atoms with Gasteiger partial charge in [-0.25, -0.2) is 0 Å². The summed E-state index contributed by atoms with van der Waals surface area (Å²) >= 11 is 0. The molecule has 0 unspecified atom stereocenters. The lowest BCUT2D eigenvalue weighted by Gasteiger charge is -2.37. The molecule has 0 saturated carbocycles. The predicted octanol–water partition coefficient (Wildman–Crippen LogP) is 3.79. The predicted molar refractivity (Wildman–Crippen MR) is 124 cm³/mol. The van der Waals surface area contributed by atoms with Crippen molar-refractivity contribution in [3.63, 3.8) is 0 Å². The van der Waals surface area contributed by atoms with E-state index in [0.717, 1.165) is 37.0 Å². The van der Waals surface area contributed by atoms with Gasteiger partial charge in [0.05, 0.1) is 18.5 Å². The molecule has 0 aromatic heterocycles. The van der Waals surface area contributed by atoms with E-state index in [1.807, 2.05) is 7.05 Å². The molecule has 1 aromatic rings. The van der Waals surface area contributed by atoms with Crippen LogP contribution in [0.15, 0.2) is 48.0 Å². The molecule has 30 heavy (non-hydrogen) atoms. The summed E-state index contributed by atoms with van der Waals surface area (Å²) in [7, 11) is 3.64. The number of benzene rings is 1. The number of likely N-dealkylation sites (tertiary alicyclic amines) is 2. The number of fused-ring (bicyclic) bond motifs is 1. The maximum absolute atomic E-state index is 5.66. The first-order valence-electron chi connectivity index (χ1n) is 11.6. The SMILES string of the molecule is C=C(NC)/C(OC)=C(\C)N1C[C@@H]2CCCN(Cc3ccc(N4CCCC4)cc3)[C@@H]2C1. The quantitative estimate of drug-likeness (QED) is 0.546. The summed E-state index contributed by atoms with van der Waals surface area (Å²) in [6, 6.07) is 9.95. The standard InChI is InChI=1S/C25H38N4O/c1-19(26-3)25(30-4)20(2)29-17-22-8-7-15-28(24(22)18-29)16-21-9-11-23(12-10-21)27-13-5-6-14-27/h9-12,22,24,26H,1,5-8,13-18H2,2-4H3/b25-20-/t22-,24+/m0/s1. The van der Waals surface area contributed by atoms with Crippen LogP contribution in [0.1, 0.15) is 38.2 Å². The highest BCUT2D eigenvalue weighted by Crippen LogP contribution is 2.34. The smallest absolute Gasteiger partial charge is 0.160 e. The van der Waals surface area contributed by atoms with Crippen LogP contribution in [-0.2, 0) is 11.3 Å². The van der Waals surface area contributed by atoms with E-state index in [-0.39, 0.29) is 0 Å². The van der Waals surface area contributed by atoms with E-state index in [1.54, 1.807) is 7.11 Å². The third-order valence-electron chi connectivity index (χ3n) is 7.27. The van der Waals surface area contributed by atoms with Crippen LogP contribution in [-0.4, -0.2) is 62.7 Å². The van der Waals surface area contributed by atoms with Crippen molar-refractivity contribution in [3.05, 3.63) is 53.6 Å². The summed E-state index contributed by atoms with van der Waals surface area (Å²) in [5.74, 6) is 1.61. The second-order valence-electron chi connectivity index (χ2n) is 9.05. The van der Waals surface area contributed by atoms with E-state index in [0.29, 0.717) is 6.04 Å². The third-order valence-corrected chi connectivity index (χ3v) is 7.27. The molecule has 5 nitrogen and oxygen atoms in total. The molecule has 0 radical (unpaired) electrons. The lowest BCUT2D eigenvalue weighted by molar-refractivity contribution is 0.116. The molecule has 1 aromatic carbocycles. The van der Waals surface area contributed by atoms with Crippen LogP contribution in [0, 0.1) is 5.92 Å². The van der Waals surface area contributed by atoms with Gasteiger partial charge in [0.2, 0.25) is 0 Å². The fourth-order valence-corrected chi connectivity index (χ4v) is 5.51. The first-order chi connectivity index (χ1) is 14.6. The van der Waals surface area contributed by atoms with Gasteiger partial charge in [-0.15, -0.1) is 0 Å². The Morgan fingerprint density at radius 2 is 1.83 bits per heavy atom. The molecule has 5 heteroatoms. The summed E-state index contributed by atoms with van der Waals surface area (Å²) in [6.07, 6.45) is 5.28. The van der Waals surface area contributed by atoms with Gasteiger partial charge in [-0.2, -0.15) is 0 Å². The summed E-state index contributed by atoms with van der Waals surface area (Å²) in [4.78, 5) is 7.73. The van der Waals surface area contributed by atoms with Gasteiger partial charge >= 0.3 is 0 Å². The van der Waals surface area contributed by atoms with Crippen LogP contribution in [0.4, 0.5) is 5.69 Å². The second-order valence-corrected chi connectivity index (χ2v) is 9.05. The highest BCUT2D eigenvalue weighted by Gasteiger charge is 2.39. The number of nitrogens with one attached hydrogen (secondary N) is 1. The zero-order valence-electron chi connectivity index (χ0n) is 19.0. The zero-order valence-corrected chi connectivity index (χ0v) is 19.0. The molecule has 3 aliphatic rings. The number of anilines is 1. The Kier molecular flexibility index (Phi) is 6.57. The molecule has 164 valence electrons. The van der Waals surface area contributed by atoms with Gasteiger partial charge in [-0.1, -0.05) is 18.7 Å². The van der Waals surface area contributed by atoms with Crippen LogP contribution in [0.25, 0.3) is 0 Å². The molecule has 1 N–H and O–H groups in total. The molecular weight excluding hydrogens is 372 g/mol. The van der Waals surface area contributed by atoms with E-state index in [4.69, 9.17) is 4.74 Å². The minimum Gasteiger partial charge on any atom is -0.493 e. The largest absolute Gasteiger partial charge is 0.493 e. The molecule has 0 aliphatic carbocycles. The number of piperidine rings is 1. The van der Waals surface area contributed by atoms with Crippen molar-refractivity contribution in [1.82, 2.24) is 15.1 Å².